The Labute approximate surface area is 119 Å². The van der Waals surface area contributed by atoms with Crippen LogP contribution in [-0.2, 0) is 6.42 Å². The van der Waals surface area contributed by atoms with Crippen molar-refractivity contribution in [3.8, 4) is 11.3 Å². The summed E-state index contributed by atoms with van der Waals surface area (Å²) in [5.74, 6) is 0. The molecule has 4 N–H and O–H groups in total. The van der Waals surface area contributed by atoms with Crippen LogP contribution in [0, 0.1) is 6.92 Å². The molecule has 0 saturated carbocycles. The summed E-state index contributed by atoms with van der Waals surface area (Å²) in [6.45, 7) is 1.88. The standard InChI is InChI=1S/C14H16F3N3O/c1-8-2-3-9(6-11(8)18)12-7-10(19-20-12)4-5-13(21)14(15,16)17/h2-3,6-7,13,21H,4-5,18H2,1H3,(H,19,20). The van der Waals surface area contributed by atoms with Gasteiger partial charge < -0.3 is 10.8 Å². The van der Waals surface area contributed by atoms with E-state index in [2.05, 4.69) is 10.2 Å². The average molecular weight is 299 g/mol. The second-order valence-corrected chi connectivity index (χ2v) is 4.95. The Kier molecular flexibility index (Phi) is 4.22. The van der Waals surface area contributed by atoms with E-state index in [0.717, 1.165) is 11.1 Å². The minimum atomic E-state index is -4.59. The summed E-state index contributed by atoms with van der Waals surface area (Å²) in [7, 11) is 0. The van der Waals surface area contributed by atoms with Gasteiger partial charge >= 0.3 is 6.18 Å². The highest BCUT2D eigenvalue weighted by Gasteiger charge is 2.37. The third-order valence-corrected chi connectivity index (χ3v) is 3.27. The first-order chi connectivity index (χ1) is 9.77. The van der Waals surface area contributed by atoms with Crippen molar-refractivity contribution >= 4 is 5.69 Å². The number of hydrogen-bond donors (Lipinski definition) is 3. The molecule has 0 bridgehead atoms. The van der Waals surface area contributed by atoms with Crippen LogP contribution in [0.15, 0.2) is 24.3 Å². The highest BCUT2D eigenvalue weighted by atomic mass is 19.4. The lowest BCUT2D eigenvalue weighted by Crippen LogP contribution is -2.28. The number of nitrogens with one attached hydrogen (secondary N) is 1. The van der Waals surface area contributed by atoms with Crippen molar-refractivity contribution in [3.63, 3.8) is 0 Å². The molecule has 0 aliphatic heterocycles. The fourth-order valence-electron chi connectivity index (χ4n) is 1.89. The zero-order chi connectivity index (χ0) is 15.6. The van der Waals surface area contributed by atoms with Gasteiger partial charge in [0.1, 0.15) is 6.10 Å². The summed E-state index contributed by atoms with van der Waals surface area (Å²) < 4.78 is 36.6. The maximum atomic E-state index is 12.2. The normalized spacial score (nSPS) is 13.4. The van der Waals surface area contributed by atoms with Crippen LogP contribution in [0.25, 0.3) is 11.3 Å². The van der Waals surface area contributed by atoms with Crippen LogP contribution in [0.3, 0.4) is 0 Å². The van der Waals surface area contributed by atoms with E-state index in [4.69, 9.17) is 10.8 Å². The molecule has 2 rings (SSSR count). The smallest absolute Gasteiger partial charge is 0.398 e. The zero-order valence-electron chi connectivity index (χ0n) is 11.4. The number of aliphatic hydroxyl groups excluding tert-OH is 1. The topological polar surface area (TPSA) is 74.9 Å². The number of alkyl halides is 3. The van der Waals surface area contributed by atoms with Crippen molar-refractivity contribution in [2.45, 2.75) is 32.0 Å². The summed E-state index contributed by atoms with van der Waals surface area (Å²) >= 11 is 0. The molecule has 1 unspecified atom stereocenters. The van der Waals surface area contributed by atoms with E-state index in [1.54, 1.807) is 12.1 Å². The Bertz CT molecular complexity index is 622. The van der Waals surface area contributed by atoms with E-state index in [1.165, 1.54) is 0 Å². The van der Waals surface area contributed by atoms with Gasteiger partial charge in [0.05, 0.1) is 5.69 Å². The number of hydrogen-bond acceptors (Lipinski definition) is 3. The van der Waals surface area contributed by atoms with Gasteiger partial charge in [0.25, 0.3) is 0 Å². The quantitative estimate of drug-likeness (QED) is 0.760. The molecule has 0 spiro atoms. The molecular weight excluding hydrogens is 283 g/mol. The monoisotopic (exact) mass is 299 g/mol. The second-order valence-electron chi connectivity index (χ2n) is 4.95. The second kappa shape index (κ2) is 5.77. The van der Waals surface area contributed by atoms with Crippen molar-refractivity contribution in [2.24, 2.45) is 0 Å². The van der Waals surface area contributed by atoms with Crippen LogP contribution in [0.5, 0.6) is 0 Å². The number of rotatable bonds is 4. The average Bonchev–Trinajstić information content (AvgIpc) is 2.87. The van der Waals surface area contributed by atoms with E-state index >= 15 is 0 Å². The van der Waals surface area contributed by atoms with Gasteiger partial charge in [-0.3, -0.25) is 5.10 Å². The minimum absolute atomic E-state index is 0.0645. The molecule has 0 aliphatic rings. The van der Waals surface area contributed by atoms with Crippen molar-refractivity contribution in [2.75, 3.05) is 5.73 Å². The molecule has 114 valence electrons. The van der Waals surface area contributed by atoms with Gasteiger partial charge in [-0.15, -0.1) is 0 Å². The third kappa shape index (κ3) is 3.75. The Morgan fingerprint density at radius 2 is 2.05 bits per heavy atom. The van der Waals surface area contributed by atoms with Gasteiger partial charge in [-0.2, -0.15) is 18.3 Å². The molecule has 4 nitrogen and oxygen atoms in total. The number of aromatic amines is 1. The number of nitrogens with zero attached hydrogens (tertiary/aromatic N) is 1. The summed E-state index contributed by atoms with van der Waals surface area (Å²) in [6, 6.07) is 7.12. The predicted octanol–water partition coefficient (Wildman–Crippen LogP) is 2.82. The Hall–Kier alpha value is -2.02. The number of aryl methyl sites for hydroxylation is 2. The highest BCUT2D eigenvalue weighted by molar-refractivity contribution is 5.66. The molecule has 7 heteroatoms. The minimum Gasteiger partial charge on any atom is -0.398 e. The van der Waals surface area contributed by atoms with Crippen molar-refractivity contribution in [3.05, 3.63) is 35.5 Å². The van der Waals surface area contributed by atoms with E-state index < -0.39 is 18.7 Å². The van der Waals surface area contributed by atoms with Crippen LogP contribution in [0.4, 0.5) is 18.9 Å². The van der Waals surface area contributed by atoms with E-state index in [0.29, 0.717) is 17.1 Å². The highest BCUT2D eigenvalue weighted by Crippen LogP contribution is 2.25. The molecule has 1 heterocycles. The molecule has 0 amide bonds. The molecule has 0 saturated heterocycles. The Balaban J connectivity index is 2.06. The molecule has 1 aromatic carbocycles. The van der Waals surface area contributed by atoms with Crippen LogP contribution in [-0.4, -0.2) is 27.6 Å². The zero-order valence-corrected chi connectivity index (χ0v) is 11.4. The van der Waals surface area contributed by atoms with Crippen molar-refractivity contribution in [1.29, 1.82) is 0 Å². The van der Waals surface area contributed by atoms with E-state index in [-0.39, 0.29) is 6.42 Å². The molecule has 1 aromatic heterocycles. The van der Waals surface area contributed by atoms with Gasteiger partial charge in [-0.05, 0) is 37.5 Å². The van der Waals surface area contributed by atoms with E-state index in [9.17, 15) is 13.2 Å². The number of nitrogens with two attached hydrogens (primary N) is 1. The maximum Gasteiger partial charge on any atom is 0.414 e. The molecular formula is C14H16F3N3O. The number of aromatic nitrogens is 2. The first-order valence-corrected chi connectivity index (χ1v) is 6.43. The van der Waals surface area contributed by atoms with Crippen LogP contribution in [0.1, 0.15) is 17.7 Å². The van der Waals surface area contributed by atoms with Gasteiger partial charge in [0, 0.05) is 16.9 Å². The van der Waals surface area contributed by atoms with Crippen molar-refractivity contribution in [1.82, 2.24) is 10.2 Å². The number of benzene rings is 1. The van der Waals surface area contributed by atoms with Gasteiger partial charge in [-0.25, -0.2) is 0 Å². The van der Waals surface area contributed by atoms with Crippen LogP contribution < -0.4 is 5.73 Å². The van der Waals surface area contributed by atoms with Crippen LogP contribution >= 0.6 is 0 Å². The summed E-state index contributed by atoms with van der Waals surface area (Å²) in [6.07, 6.45) is -7.25. The lowest BCUT2D eigenvalue weighted by Gasteiger charge is -2.13. The largest absolute Gasteiger partial charge is 0.414 e. The fraction of sp³-hybridized carbons (Fsp3) is 0.357. The third-order valence-electron chi connectivity index (χ3n) is 3.27. The molecule has 2 aromatic rings. The van der Waals surface area contributed by atoms with Gasteiger partial charge in [-0.1, -0.05) is 12.1 Å². The van der Waals surface area contributed by atoms with Crippen molar-refractivity contribution < 1.29 is 18.3 Å². The maximum absolute atomic E-state index is 12.2. The molecule has 1 atom stereocenters. The van der Waals surface area contributed by atoms with Gasteiger partial charge in [0.2, 0.25) is 0 Å². The number of halogens is 3. The number of H-pyrrole nitrogens is 1. The predicted molar refractivity (Wildman–Crippen MR) is 73.6 cm³/mol. The first kappa shape index (κ1) is 15.4. The Morgan fingerprint density at radius 1 is 1.33 bits per heavy atom. The van der Waals surface area contributed by atoms with Gasteiger partial charge in [0.15, 0.2) is 0 Å². The Morgan fingerprint density at radius 3 is 2.67 bits per heavy atom. The van der Waals surface area contributed by atoms with E-state index in [1.807, 2.05) is 19.1 Å². The molecule has 21 heavy (non-hydrogen) atoms. The SMILES string of the molecule is Cc1ccc(-c2cc(CCC(O)C(F)(F)F)[nH]n2)cc1N. The fourth-order valence-corrected chi connectivity index (χ4v) is 1.89. The number of anilines is 1. The molecule has 0 radical (unpaired) electrons. The lowest BCUT2D eigenvalue weighted by molar-refractivity contribution is -0.205. The first-order valence-electron chi connectivity index (χ1n) is 6.43. The van der Waals surface area contributed by atoms with Crippen LogP contribution in [0.2, 0.25) is 0 Å². The molecule has 0 fully saturated rings. The number of nitrogen functional groups attached to an aromatic ring is 1. The summed E-state index contributed by atoms with van der Waals surface area (Å²) in [4.78, 5) is 0. The number of aliphatic hydroxyl groups is 1. The summed E-state index contributed by atoms with van der Waals surface area (Å²) in [5.41, 5.74) is 9.32. The molecule has 0 aliphatic carbocycles. The lowest BCUT2D eigenvalue weighted by atomic mass is 10.1. The summed E-state index contributed by atoms with van der Waals surface area (Å²) in [5, 5.41) is 15.7.